The Hall–Kier alpha value is -7.82. The van der Waals surface area contributed by atoms with Gasteiger partial charge in [-0.15, -0.1) is 0 Å². The Morgan fingerprint density at radius 1 is 0.569 bits per heavy atom. The molecular weight excluding hydrogens is 756 g/mol. The van der Waals surface area contributed by atoms with Crippen molar-refractivity contribution >= 4 is 64.2 Å². The average Bonchev–Trinajstić information content (AvgIpc) is 3.79. The van der Waals surface area contributed by atoms with Gasteiger partial charge in [-0.25, -0.2) is 9.59 Å². The number of rotatable bonds is 9. The van der Waals surface area contributed by atoms with Gasteiger partial charge in [0, 0.05) is 60.1 Å². The number of aromatic nitrogens is 2. The van der Waals surface area contributed by atoms with E-state index in [0.29, 0.717) is 34.0 Å². The van der Waals surface area contributed by atoms with Gasteiger partial charge < -0.3 is 47.6 Å². The van der Waals surface area contributed by atoms with Crippen LogP contribution in [0, 0.1) is 6.92 Å². The molecule has 2 heterocycles. The van der Waals surface area contributed by atoms with Gasteiger partial charge in [-0.05, 0) is 90.3 Å². The Balaban J connectivity index is 0.000000221. The summed E-state index contributed by atoms with van der Waals surface area (Å²) in [4.78, 5) is 64.2. The highest BCUT2D eigenvalue weighted by Gasteiger charge is 2.30. The summed E-state index contributed by atoms with van der Waals surface area (Å²) in [6.45, 7) is 4.70. The number of H-pyrrole nitrogens is 2. The monoisotopic (exact) mass is 793 g/mol. The number of carbonyl (C=O) groups is 5. The van der Waals surface area contributed by atoms with Crippen molar-refractivity contribution in [2.24, 2.45) is 5.73 Å². The first kappa shape index (κ1) is 41.3. The number of hydrogen-bond donors (Lipinski definition) is 9. The lowest BCUT2D eigenvalue weighted by molar-refractivity contribution is -0.137. The number of anilines is 6. The normalized spacial score (nSPS) is 10.7. The van der Waals surface area contributed by atoms with Crippen molar-refractivity contribution in [1.82, 2.24) is 9.97 Å². The highest BCUT2D eigenvalue weighted by molar-refractivity contribution is 6.07. The molecule has 0 unspecified atom stereocenters. The second-order valence-electron chi connectivity index (χ2n) is 12.7. The van der Waals surface area contributed by atoms with E-state index in [-0.39, 0.29) is 34.9 Å². The van der Waals surface area contributed by atoms with Gasteiger partial charge in [0.1, 0.15) is 11.6 Å². The summed E-state index contributed by atoms with van der Waals surface area (Å²) in [6.07, 6.45) is -1.09. The molecule has 0 aliphatic carbocycles. The number of nitrogens with one attached hydrogen (secondary N) is 8. The topological polar surface area (TPSA) is 215 Å². The number of alkyl halides is 3. The maximum atomic E-state index is 12.6. The quantitative estimate of drug-likeness (QED) is 0.0699. The number of urea groups is 2. The number of hydrogen-bond acceptors (Lipinski definition) is 5. The summed E-state index contributed by atoms with van der Waals surface area (Å²) in [5.74, 6) is -0.341. The molecule has 58 heavy (non-hydrogen) atoms. The minimum Gasteiger partial charge on any atom is -0.365 e. The Labute approximate surface area is 329 Å². The van der Waals surface area contributed by atoms with Crippen molar-refractivity contribution in [2.75, 3.05) is 31.9 Å². The summed E-state index contributed by atoms with van der Waals surface area (Å²) in [5.41, 5.74) is 10.9. The Kier molecular flexibility index (Phi) is 13.0. The fraction of sp³-hybridized carbons (Fsp3) is 0.0976. The van der Waals surface area contributed by atoms with E-state index in [0.717, 1.165) is 28.8 Å². The number of aromatic amines is 2. The third kappa shape index (κ3) is 11.6. The molecule has 0 saturated carbocycles. The maximum absolute atomic E-state index is 12.6. The molecule has 0 spiro atoms. The molecule has 0 aliphatic rings. The first-order chi connectivity index (χ1) is 27.5. The lowest BCUT2D eigenvalue weighted by Gasteiger charge is -2.10. The van der Waals surface area contributed by atoms with Crippen LogP contribution < -0.4 is 37.6 Å². The lowest BCUT2D eigenvalue weighted by Crippen LogP contribution is -2.19. The second kappa shape index (κ2) is 18.2. The third-order valence-electron chi connectivity index (χ3n) is 8.10. The fourth-order valence-corrected chi connectivity index (χ4v) is 5.54. The molecule has 0 atom stereocenters. The zero-order valence-corrected chi connectivity index (χ0v) is 31.2. The molecule has 17 heteroatoms. The summed E-state index contributed by atoms with van der Waals surface area (Å²) in [6, 6.07) is 26.3. The highest BCUT2D eigenvalue weighted by Crippen LogP contribution is 2.31. The van der Waals surface area contributed by atoms with Crippen LogP contribution in [0.5, 0.6) is 0 Å². The Morgan fingerprint density at radius 3 is 1.59 bits per heavy atom. The second-order valence-corrected chi connectivity index (χ2v) is 12.7. The first-order valence-corrected chi connectivity index (χ1v) is 17.4. The number of halogens is 3. The highest BCUT2D eigenvalue weighted by atomic mass is 19.4. The molecule has 0 bridgehead atoms. The van der Waals surface area contributed by atoms with Crippen molar-refractivity contribution in [1.29, 1.82) is 0 Å². The molecule has 6 rings (SSSR count). The molecule has 4 aromatic carbocycles. The van der Waals surface area contributed by atoms with Crippen LogP contribution in [0.3, 0.4) is 0 Å². The van der Waals surface area contributed by atoms with Crippen LogP contribution in [-0.2, 0) is 15.8 Å². The molecule has 298 valence electrons. The van der Waals surface area contributed by atoms with Gasteiger partial charge in [-0.1, -0.05) is 36.4 Å². The zero-order chi connectivity index (χ0) is 42.0. The van der Waals surface area contributed by atoms with Crippen LogP contribution in [-0.4, -0.2) is 39.8 Å². The first-order valence-electron chi connectivity index (χ1n) is 17.4. The summed E-state index contributed by atoms with van der Waals surface area (Å²) >= 11 is 0. The smallest absolute Gasteiger partial charge is 0.365 e. The molecule has 10 N–H and O–H groups in total. The number of nitrogens with two attached hydrogens (primary N) is 1. The van der Waals surface area contributed by atoms with Gasteiger partial charge in [0.25, 0.3) is 5.91 Å². The van der Waals surface area contributed by atoms with Crippen LogP contribution in [0.4, 0.5) is 57.1 Å². The van der Waals surface area contributed by atoms with Crippen LogP contribution in [0.1, 0.15) is 35.3 Å². The van der Waals surface area contributed by atoms with E-state index in [2.05, 4.69) is 41.9 Å². The van der Waals surface area contributed by atoms with E-state index in [1.807, 2.05) is 25.1 Å². The molecule has 7 amide bonds. The predicted molar refractivity (Wildman–Crippen MR) is 217 cm³/mol. The number of aryl methyl sites for hydroxylation is 1. The fourth-order valence-electron chi connectivity index (χ4n) is 5.54. The van der Waals surface area contributed by atoms with Gasteiger partial charge in [-0.2, -0.15) is 13.2 Å². The number of amides is 7. The van der Waals surface area contributed by atoms with E-state index >= 15 is 0 Å². The summed E-state index contributed by atoms with van der Waals surface area (Å²) in [7, 11) is 0. The summed E-state index contributed by atoms with van der Waals surface area (Å²) in [5, 5.41) is 15.8. The van der Waals surface area contributed by atoms with Crippen molar-refractivity contribution in [3.05, 3.63) is 132 Å². The minimum atomic E-state index is -4.43. The van der Waals surface area contributed by atoms with E-state index in [1.165, 1.54) is 26.0 Å². The Morgan fingerprint density at radius 2 is 1.09 bits per heavy atom. The van der Waals surface area contributed by atoms with E-state index in [1.54, 1.807) is 73.1 Å². The van der Waals surface area contributed by atoms with Gasteiger partial charge in [0.15, 0.2) is 0 Å². The van der Waals surface area contributed by atoms with Crippen molar-refractivity contribution in [3.8, 4) is 22.3 Å². The van der Waals surface area contributed by atoms with Crippen molar-refractivity contribution < 1.29 is 37.1 Å². The van der Waals surface area contributed by atoms with Gasteiger partial charge in [0.05, 0.1) is 11.1 Å². The summed E-state index contributed by atoms with van der Waals surface area (Å²) < 4.78 is 37.7. The van der Waals surface area contributed by atoms with E-state index in [9.17, 15) is 37.1 Å². The molecule has 14 nitrogen and oxygen atoms in total. The minimum absolute atomic E-state index is 0.183. The predicted octanol–water partition coefficient (Wildman–Crippen LogP) is 8.99. The number of primary amides is 1. The van der Waals surface area contributed by atoms with Gasteiger partial charge in [-0.3, -0.25) is 14.4 Å². The van der Waals surface area contributed by atoms with E-state index < -0.39 is 23.7 Å². The van der Waals surface area contributed by atoms with Gasteiger partial charge in [0.2, 0.25) is 11.8 Å². The van der Waals surface area contributed by atoms with E-state index in [4.69, 9.17) is 5.73 Å². The molecule has 6 aromatic rings. The standard InChI is InChI=1S/C21H21N5O3.C20H17F3N4O2/c1-12-4-3-5-16(10-12)26-21(29)25-15-8-6-14(7-9-15)17-11-23-20(24-13(2)27)18(17)19(22)28;1-12(28)25-18-10-14(11-24-18)13-2-6-16(7-3-13)26-19(29)27-17-8-4-15(5-9-17)20(21,22)23/h3-11,23H,1-2H3,(H2,22,28)(H,24,27)(H2,25,26,29);2-11,24H,1H3,(H,25,28)(H2,26,27,29). The largest absolute Gasteiger partial charge is 0.416 e. The molecule has 2 aromatic heterocycles. The van der Waals surface area contributed by atoms with Gasteiger partial charge >= 0.3 is 18.2 Å². The average molecular weight is 794 g/mol. The van der Waals surface area contributed by atoms with Crippen molar-refractivity contribution in [2.45, 2.75) is 26.9 Å². The van der Waals surface area contributed by atoms with Crippen LogP contribution in [0.25, 0.3) is 22.3 Å². The molecule has 0 radical (unpaired) electrons. The maximum Gasteiger partial charge on any atom is 0.416 e. The number of carbonyl (C=O) groups excluding carboxylic acids is 5. The molecule has 0 saturated heterocycles. The zero-order valence-electron chi connectivity index (χ0n) is 31.2. The van der Waals surface area contributed by atoms with Crippen LogP contribution >= 0.6 is 0 Å². The van der Waals surface area contributed by atoms with Crippen molar-refractivity contribution in [3.63, 3.8) is 0 Å². The van der Waals surface area contributed by atoms with Crippen LogP contribution in [0.15, 0.2) is 116 Å². The molecular formula is C41H38F3N9O5. The third-order valence-corrected chi connectivity index (χ3v) is 8.10. The SMILES string of the molecule is CC(=O)Nc1[nH]cc(-c2ccc(NC(=O)Nc3cccc(C)c3)cc2)c1C(N)=O.CC(=O)Nc1cc(-c2ccc(NC(=O)Nc3ccc(C(F)(F)F)cc3)cc2)c[nH]1. The molecule has 0 aliphatic heterocycles. The lowest BCUT2D eigenvalue weighted by atomic mass is 10.0. The Bertz CT molecular complexity index is 2420. The molecule has 0 fully saturated rings. The van der Waals surface area contributed by atoms with Crippen LogP contribution in [0.2, 0.25) is 0 Å². The number of benzene rings is 4.